The summed E-state index contributed by atoms with van der Waals surface area (Å²) in [6, 6.07) is 17.9. The monoisotopic (exact) mass is 423 g/mol. The van der Waals surface area contributed by atoms with Crippen LogP contribution in [-0.4, -0.2) is 30.1 Å². The van der Waals surface area contributed by atoms with Gasteiger partial charge in [0.15, 0.2) is 6.10 Å². The number of hydrogen-bond acceptors (Lipinski definition) is 4. The summed E-state index contributed by atoms with van der Waals surface area (Å²) >= 11 is 6.09. The van der Waals surface area contributed by atoms with E-state index in [1.54, 1.807) is 13.3 Å². The van der Waals surface area contributed by atoms with Crippen LogP contribution < -0.4 is 10.6 Å². The van der Waals surface area contributed by atoms with Crippen molar-refractivity contribution in [2.75, 3.05) is 12.4 Å². The van der Waals surface area contributed by atoms with Crippen molar-refractivity contribution in [2.45, 2.75) is 43.9 Å². The molecule has 156 valence electrons. The molecule has 4 rings (SSSR count). The van der Waals surface area contributed by atoms with Crippen molar-refractivity contribution < 1.29 is 9.53 Å². The summed E-state index contributed by atoms with van der Waals surface area (Å²) in [5, 5.41) is 8.59. The molecule has 1 atom stereocenters. The maximum absolute atomic E-state index is 12.7. The third-order valence-electron chi connectivity index (χ3n) is 5.71. The summed E-state index contributed by atoms with van der Waals surface area (Å²) in [5.74, 6) is -0.0721. The average molecular weight is 424 g/mol. The van der Waals surface area contributed by atoms with E-state index in [2.05, 4.69) is 15.6 Å². The molecule has 1 saturated carbocycles. The molecule has 3 aromatic rings. The van der Waals surface area contributed by atoms with E-state index in [1.807, 2.05) is 54.6 Å². The number of halogens is 1. The molecule has 2 aromatic carbocycles. The number of nitrogens with zero attached hydrogens (tertiary/aromatic N) is 1. The first-order chi connectivity index (χ1) is 14.6. The number of pyridine rings is 1. The molecule has 2 N–H and O–H groups in total. The lowest BCUT2D eigenvalue weighted by Gasteiger charge is -2.31. The second-order valence-corrected chi connectivity index (χ2v) is 8.18. The van der Waals surface area contributed by atoms with Gasteiger partial charge in [0.05, 0.1) is 5.52 Å². The van der Waals surface area contributed by atoms with Crippen molar-refractivity contribution in [1.29, 1.82) is 0 Å². The van der Waals surface area contributed by atoms with Crippen LogP contribution in [0.1, 0.15) is 37.4 Å². The molecule has 30 heavy (non-hydrogen) atoms. The van der Waals surface area contributed by atoms with Gasteiger partial charge in [-0.05, 0) is 55.5 Å². The van der Waals surface area contributed by atoms with Crippen molar-refractivity contribution in [2.24, 2.45) is 0 Å². The molecule has 1 amide bonds. The minimum Gasteiger partial charge on any atom is -0.382 e. The van der Waals surface area contributed by atoms with E-state index in [9.17, 15) is 4.79 Å². The van der Waals surface area contributed by atoms with E-state index in [1.165, 1.54) is 0 Å². The summed E-state index contributed by atoms with van der Waals surface area (Å²) in [7, 11) is 1.57. The normalized spacial score (nSPS) is 19.9. The van der Waals surface area contributed by atoms with Crippen LogP contribution in [-0.2, 0) is 9.53 Å². The molecule has 5 nitrogen and oxygen atoms in total. The molecule has 1 heterocycles. The SMILES string of the molecule is CO[C@H](C(=O)NC1CCC(Nc2ccnc3cc(Cl)ccc23)CC1)c1ccccc1. The number of methoxy groups -OCH3 is 1. The van der Waals surface area contributed by atoms with Crippen LogP contribution in [0.3, 0.4) is 0 Å². The highest BCUT2D eigenvalue weighted by molar-refractivity contribution is 6.31. The van der Waals surface area contributed by atoms with Gasteiger partial charge in [0.25, 0.3) is 5.91 Å². The molecule has 0 aliphatic heterocycles. The summed E-state index contributed by atoms with van der Waals surface area (Å²) in [5.41, 5.74) is 2.84. The summed E-state index contributed by atoms with van der Waals surface area (Å²) in [4.78, 5) is 17.1. The summed E-state index contributed by atoms with van der Waals surface area (Å²) in [6.07, 6.45) is 5.09. The standard InChI is InChI=1S/C24H26ClN3O2/c1-30-23(16-5-3-2-4-6-16)24(29)28-19-10-8-18(9-11-19)27-21-13-14-26-22-15-17(25)7-12-20(21)22/h2-7,12-15,18-19,23H,8-11H2,1H3,(H,26,27)(H,28,29)/t18?,19?,23-/m0/s1. The Morgan fingerprint density at radius 1 is 1.07 bits per heavy atom. The van der Waals surface area contributed by atoms with Gasteiger partial charge in [0.1, 0.15) is 0 Å². The fourth-order valence-electron chi connectivity index (χ4n) is 4.15. The quantitative estimate of drug-likeness (QED) is 0.578. The number of anilines is 1. The number of carbonyl (C=O) groups is 1. The van der Waals surface area contributed by atoms with E-state index in [0.717, 1.165) is 47.8 Å². The molecular formula is C24H26ClN3O2. The van der Waals surface area contributed by atoms with Crippen LogP contribution in [0.4, 0.5) is 5.69 Å². The Labute approximate surface area is 181 Å². The molecule has 0 saturated heterocycles. The van der Waals surface area contributed by atoms with Crippen LogP contribution in [0.5, 0.6) is 0 Å². The number of fused-ring (bicyclic) bond motifs is 1. The van der Waals surface area contributed by atoms with Gasteiger partial charge in [0.2, 0.25) is 0 Å². The first-order valence-electron chi connectivity index (χ1n) is 10.3. The fraction of sp³-hybridized carbons (Fsp3) is 0.333. The fourth-order valence-corrected chi connectivity index (χ4v) is 4.31. The molecule has 1 aromatic heterocycles. The third-order valence-corrected chi connectivity index (χ3v) is 5.95. The van der Waals surface area contributed by atoms with Crippen molar-refractivity contribution >= 4 is 34.1 Å². The van der Waals surface area contributed by atoms with Gasteiger partial charge in [-0.25, -0.2) is 0 Å². The van der Waals surface area contributed by atoms with E-state index in [4.69, 9.17) is 16.3 Å². The van der Waals surface area contributed by atoms with Crippen LogP contribution >= 0.6 is 11.6 Å². The maximum Gasteiger partial charge on any atom is 0.253 e. The number of carbonyl (C=O) groups excluding carboxylic acids is 1. The van der Waals surface area contributed by atoms with Crippen LogP contribution in [0.2, 0.25) is 5.02 Å². The van der Waals surface area contributed by atoms with E-state index in [-0.39, 0.29) is 11.9 Å². The molecule has 6 heteroatoms. The highest BCUT2D eigenvalue weighted by atomic mass is 35.5. The number of nitrogens with one attached hydrogen (secondary N) is 2. The maximum atomic E-state index is 12.7. The zero-order chi connectivity index (χ0) is 20.9. The zero-order valence-electron chi connectivity index (χ0n) is 17.0. The largest absolute Gasteiger partial charge is 0.382 e. The Hall–Kier alpha value is -2.63. The smallest absolute Gasteiger partial charge is 0.253 e. The van der Waals surface area contributed by atoms with Gasteiger partial charge in [-0.1, -0.05) is 41.9 Å². The molecule has 1 aliphatic rings. The first kappa shape index (κ1) is 20.6. The van der Waals surface area contributed by atoms with Crippen LogP contribution in [0.25, 0.3) is 10.9 Å². The first-order valence-corrected chi connectivity index (χ1v) is 10.7. The molecule has 0 spiro atoms. The van der Waals surface area contributed by atoms with Crippen LogP contribution in [0, 0.1) is 0 Å². The molecule has 0 radical (unpaired) electrons. The van der Waals surface area contributed by atoms with E-state index >= 15 is 0 Å². The van der Waals surface area contributed by atoms with Crippen molar-refractivity contribution in [1.82, 2.24) is 10.3 Å². The van der Waals surface area contributed by atoms with E-state index < -0.39 is 6.10 Å². The highest BCUT2D eigenvalue weighted by Crippen LogP contribution is 2.28. The van der Waals surface area contributed by atoms with Gasteiger partial charge < -0.3 is 15.4 Å². The lowest BCUT2D eigenvalue weighted by Crippen LogP contribution is -2.42. The number of amides is 1. The van der Waals surface area contributed by atoms with Crippen molar-refractivity contribution in [3.05, 3.63) is 71.4 Å². The number of ether oxygens (including phenoxy) is 1. The molecule has 0 unspecified atom stereocenters. The number of rotatable bonds is 6. The molecule has 1 fully saturated rings. The summed E-state index contributed by atoms with van der Waals surface area (Å²) in [6.45, 7) is 0. The molecule has 0 bridgehead atoms. The Morgan fingerprint density at radius 3 is 2.53 bits per heavy atom. The minimum absolute atomic E-state index is 0.0721. The second-order valence-electron chi connectivity index (χ2n) is 7.75. The highest BCUT2D eigenvalue weighted by Gasteiger charge is 2.26. The predicted octanol–water partition coefficient (Wildman–Crippen LogP) is 5.12. The number of aromatic nitrogens is 1. The van der Waals surface area contributed by atoms with Gasteiger partial charge in [-0.2, -0.15) is 0 Å². The van der Waals surface area contributed by atoms with Crippen molar-refractivity contribution in [3.63, 3.8) is 0 Å². The van der Waals surface area contributed by atoms with Gasteiger partial charge in [-0.15, -0.1) is 0 Å². The lowest BCUT2D eigenvalue weighted by atomic mass is 9.90. The van der Waals surface area contributed by atoms with E-state index in [0.29, 0.717) is 11.1 Å². The van der Waals surface area contributed by atoms with Gasteiger partial charge >= 0.3 is 0 Å². The lowest BCUT2D eigenvalue weighted by molar-refractivity contribution is -0.132. The second kappa shape index (κ2) is 9.45. The topological polar surface area (TPSA) is 63.2 Å². The number of benzene rings is 2. The Balaban J connectivity index is 1.34. The average Bonchev–Trinajstić information content (AvgIpc) is 2.76. The summed E-state index contributed by atoms with van der Waals surface area (Å²) < 4.78 is 5.45. The predicted molar refractivity (Wildman–Crippen MR) is 121 cm³/mol. The van der Waals surface area contributed by atoms with Crippen molar-refractivity contribution in [3.8, 4) is 0 Å². The zero-order valence-corrected chi connectivity index (χ0v) is 17.7. The molecular weight excluding hydrogens is 398 g/mol. The number of hydrogen-bond donors (Lipinski definition) is 2. The molecule has 1 aliphatic carbocycles. The van der Waals surface area contributed by atoms with Crippen LogP contribution in [0.15, 0.2) is 60.8 Å². The van der Waals surface area contributed by atoms with Gasteiger partial charge in [0, 0.05) is 41.5 Å². The Kier molecular flexibility index (Phi) is 6.50. The Bertz CT molecular complexity index is 1000. The van der Waals surface area contributed by atoms with Gasteiger partial charge in [-0.3, -0.25) is 9.78 Å². The Morgan fingerprint density at radius 2 is 1.80 bits per heavy atom. The third kappa shape index (κ3) is 4.74. The minimum atomic E-state index is -0.572.